The molecule has 13 rings (SSSR count). The van der Waals surface area contributed by atoms with Crippen molar-refractivity contribution in [2.75, 3.05) is 14.7 Å². The number of anilines is 9. The lowest BCUT2D eigenvalue weighted by Gasteiger charge is -2.44. The molecule has 0 N–H and O–H groups in total. The van der Waals surface area contributed by atoms with Crippen LogP contribution in [0.15, 0.2) is 186 Å². The Morgan fingerprint density at radius 2 is 1.13 bits per heavy atom. The van der Waals surface area contributed by atoms with E-state index in [-0.39, 0.29) is 12.1 Å². The normalized spacial score (nSPS) is 14.8. The van der Waals surface area contributed by atoms with Crippen molar-refractivity contribution >= 4 is 107 Å². The van der Waals surface area contributed by atoms with E-state index in [1.54, 1.807) is 0 Å². The Labute approximate surface area is 359 Å². The maximum absolute atomic E-state index is 2.63. The first-order chi connectivity index (χ1) is 29.4. The fraction of sp³-hybridized carbons (Fsp3) is 0.0741. The number of hydrogen-bond acceptors (Lipinski definition) is 5. The van der Waals surface area contributed by atoms with Crippen LogP contribution in [0.1, 0.15) is 29.9 Å². The van der Waals surface area contributed by atoms with Gasteiger partial charge in [-0.2, -0.15) is 11.3 Å². The summed E-state index contributed by atoms with van der Waals surface area (Å²) < 4.78 is 1.42. The zero-order valence-electron chi connectivity index (χ0n) is 33.5. The zero-order valence-corrected chi connectivity index (χ0v) is 35.1. The molecule has 0 radical (unpaired) electrons. The average Bonchev–Trinajstić information content (AvgIpc) is 3.78. The predicted octanol–water partition coefficient (Wildman–Crippen LogP) is 13.5. The Kier molecular flexibility index (Phi) is 7.18. The van der Waals surface area contributed by atoms with Crippen LogP contribution in [0.3, 0.4) is 0 Å². The van der Waals surface area contributed by atoms with Crippen LogP contribution in [0.5, 0.6) is 0 Å². The maximum atomic E-state index is 2.63. The number of rotatable bonds is 2. The molecule has 3 aliphatic heterocycles. The van der Waals surface area contributed by atoms with Gasteiger partial charge in [0.25, 0.3) is 6.71 Å². The largest absolute Gasteiger partial charge is 0.310 e. The highest BCUT2D eigenvalue weighted by Crippen LogP contribution is 2.59. The van der Waals surface area contributed by atoms with E-state index in [1.165, 1.54) is 103 Å². The predicted molar refractivity (Wildman–Crippen MR) is 257 cm³/mol. The molecule has 4 heterocycles. The Morgan fingerprint density at radius 1 is 0.500 bits per heavy atom. The summed E-state index contributed by atoms with van der Waals surface area (Å²) >= 11 is 3.89. The minimum absolute atomic E-state index is 0.0430. The molecule has 0 unspecified atom stereocenters. The lowest BCUT2D eigenvalue weighted by Crippen LogP contribution is -2.60. The van der Waals surface area contributed by atoms with Crippen LogP contribution in [-0.4, -0.2) is 6.71 Å². The molecule has 284 valence electrons. The van der Waals surface area contributed by atoms with Crippen molar-refractivity contribution in [2.45, 2.75) is 36.0 Å². The summed E-state index contributed by atoms with van der Waals surface area (Å²) in [5, 5.41) is 2.50. The van der Waals surface area contributed by atoms with Gasteiger partial charge in [-0.25, -0.2) is 0 Å². The molecular formula is C54H38BN3S2. The fourth-order valence-electron chi connectivity index (χ4n) is 10.6. The smallest absolute Gasteiger partial charge is 0.264 e. The van der Waals surface area contributed by atoms with Gasteiger partial charge >= 0.3 is 0 Å². The van der Waals surface area contributed by atoms with E-state index in [1.807, 2.05) is 23.1 Å². The third kappa shape index (κ3) is 4.69. The second-order valence-corrected chi connectivity index (χ2v) is 19.1. The highest BCUT2D eigenvalue weighted by atomic mass is 32.2. The molecule has 60 heavy (non-hydrogen) atoms. The number of aryl methyl sites for hydroxylation is 1. The summed E-state index contributed by atoms with van der Waals surface area (Å²) in [6, 6.07) is 65.8. The highest BCUT2D eigenvalue weighted by Gasteiger charge is 2.50. The SMILES string of the molecule is Cc1cc2c3c(c1)N(c1ccc4ccccc4c1)c1c(sc4c1-c1ccccc1C4(C)C)B3c1ccc3cc1N2c1ccccc1Sc1ccccc1N3c1ccccc1. The molecule has 0 saturated carbocycles. The number of nitrogens with zero attached hydrogens (tertiary/aromatic N) is 3. The molecule has 4 aliphatic rings. The van der Waals surface area contributed by atoms with Crippen LogP contribution in [0, 0.1) is 6.92 Å². The number of thiophene rings is 1. The van der Waals surface area contributed by atoms with Gasteiger partial charge in [-0.15, -0.1) is 0 Å². The maximum Gasteiger partial charge on any atom is 0.264 e. The summed E-state index contributed by atoms with van der Waals surface area (Å²) in [6.45, 7) is 7.17. The van der Waals surface area contributed by atoms with Gasteiger partial charge in [-0.3, -0.25) is 0 Å². The molecule has 8 aromatic carbocycles. The van der Waals surface area contributed by atoms with Crippen LogP contribution >= 0.6 is 23.1 Å². The first-order valence-corrected chi connectivity index (χ1v) is 22.4. The molecular weight excluding hydrogens is 766 g/mol. The molecule has 6 heteroatoms. The van der Waals surface area contributed by atoms with Crippen molar-refractivity contribution in [1.29, 1.82) is 0 Å². The van der Waals surface area contributed by atoms with Crippen LogP contribution in [-0.2, 0) is 5.41 Å². The van der Waals surface area contributed by atoms with Crippen molar-refractivity contribution in [1.82, 2.24) is 0 Å². The standard InChI is InChI=1S/C54H38BN3S2/c1-33-29-45-50-46(30-33)58-43-22-12-14-24-48(43)59-47-23-13-11-21-42(47)56(36-17-5-4-6-18-36)38-27-28-41(44(58)32-38)55(50)53-51(57(45)37-26-25-34-15-7-8-16-35(34)31-37)49-39-19-9-10-20-40(39)54(2,3)52(49)60-53/h4-32H,1-3H3. The number of para-hydroxylation sites is 3. The molecule has 0 fully saturated rings. The quantitative estimate of drug-likeness (QED) is 0.161. The van der Waals surface area contributed by atoms with Crippen molar-refractivity contribution in [3.63, 3.8) is 0 Å². The summed E-state index contributed by atoms with van der Waals surface area (Å²) in [5.41, 5.74) is 18.9. The van der Waals surface area contributed by atoms with Crippen LogP contribution in [0.2, 0.25) is 0 Å². The summed E-state index contributed by atoms with van der Waals surface area (Å²) in [4.78, 5) is 11.6. The summed E-state index contributed by atoms with van der Waals surface area (Å²) in [5.74, 6) is 0. The minimum atomic E-state index is -0.127. The Balaban J connectivity index is 1.15. The van der Waals surface area contributed by atoms with E-state index in [4.69, 9.17) is 0 Å². The summed E-state index contributed by atoms with van der Waals surface area (Å²) in [7, 11) is 0. The molecule has 2 bridgehead atoms. The zero-order chi connectivity index (χ0) is 39.9. The number of benzene rings is 8. The third-order valence-electron chi connectivity index (χ3n) is 13.1. The van der Waals surface area contributed by atoms with Crippen LogP contribution < -0.4 is 30.4 Å². The first-order valence-electron chi connectivity index (χ1n) is 20.8. The topological polar surface area (TPSA) is 9.72 Å². The van der Waals surface area contributed by atoms with E-state index in [9.17, 15) is 0 Å². The first kappa shape index (κ1) is 34.4. The minimum Gasteiger partial charge on any atom is -0.310 e. The summed E-state index contributed by atoms with van der Waals surface area (Å²) in [6.07, 6.45) is 0. The monoisotopic (exact) mass is 803 g/mol. The van der Waals surface area contributed by atoms with E-state index >= 15 is 0 Å². The van der Waals surface area contributed by atoms with Crippen molar-refractivity contribution < 1.29 is 0 Å². The molecule has 1 aromatic heterocycles. The Hall–Kier alpha value is -6.47. The van der Waals surface area contributed by atoms with Gasteiger partial charge in [-0.05, 0) is 118 Å². The second kappa shape index (κ2) is 12.5. The average molecular weight is 804 g/mol. The Bertz CT molecular complexity index is 3280. The van der Waals surface area contributed by atoms with Gasteiger partial charge in [-0.1, -0.05) is 129 Å². The Morgan fingerprint density at radius 3 is 1.93 bits per heavy atom. The molecule has 1 aliphatic carbocycles. The lowest BCUT2D eigenvalue weighted by atomic mass is 9.36. The van der Waals surface area contributed by atoms with Crippen molar-refractivity contribution in [3.8, 4) is 11.1 Å². The number of fused-ring (bicyclic) bond motifs is 13. The van der Waals surface area contributed by atoms with Gasteiger partial charge in [0.1, 0.15) is 0 Å². The highest BCUT2D eigenvalue weighted by molar-refractivity contribution is 7.99. The molecule has 0 amide bonds. The molecule has 0 saturated heterocycles. The van der Waals surface area contributed by atoms with Crippen LogP contribution in [0.4, 0.5) is 51.2 Å². The van der Waals surface area contributed by atoms with E-state index < -0.39 is 0 Å². The molecule has 3 nitrogen and oxygen atoms in total. The van der Waals surface area contributed by atoms with Crippen molar-refractivity contribution in [3.05, 3.63) is 192 Å². The van der Waals surface area contributed by atoms with Gasteiger partial charge in [0.05, 0.1) is 17.1 Å². The third-order valence-corrected chi connectivity index (χ3v) is 15.8. The van der Waals surface area contributed by atoms with E-state index in [0.717, 1.165) is 11.4 Å². The second-order valence-electron chi connectivity index (χ2n) is 17.0. The molecule has 0 spiro atoms. The van der Waals surface area contributed by atoms with Gasteiger partial charge in [0, 0.05) is 64.5 Å². The lowest BCUT2D eigenvalue weighted by molar-refractivity contribution is 0.674. The molecule has 0 atom stereocenters. The number of hydrogen-bond donors (Lipinski definition) is 0. The van der Waals surface area contributed by atoms with Crippen LogP contribution in [0.25, 0.3) is 21.9 Å². The van der Waals surface area contributed by atoms with Gasteiger partial charge in [0.15, 0.2) is 0 Å². The van der Waals surface area contributed by atoms with Crippen molar-refractivity contribution in [2.24, 2.45) is 0 Å². The van der Waals surface area contributed by atoms with Gasteiger partial charge in [0.2, 0.25) is 0 Å². The fourth-order valence-corrected chi connectivity index (χ4v) is 13.2. The van der Waals surface area contributed by atoms with E-state index in [2.05, 4.69) is 211 Å². The molecule has 9 aromatic rings. The van der Waals surface area contributed by atoms with E-state index in [0.29, 0.717) is 0 Å². The van der Waals surface area contributed by atoms with Gasteiger partial charge < -0.3 is 14.7 Å².